The fraction of sp³-hybridized carbons (Fsp3) is 0.308. The van der Waals surface area contributed by atoms with Crippen molar-refractivity contribution in [2.75, 3.05) is 7.11 Å². The minimum absolute atomic E-state index is 0.00112. The summed E-state index contributed by atoms with van der Waals surface area (Å²) in [5.41, 5.74) is 2.79. The van der Waals surface area contributed by atoms with Gasteiger partial charge in [-0.25, -0.2) is 13.1 Å². The van der Waals surface area contributed by atoms with Gasteiger partial charge in [0.1, 0.15) is 10.6 Å². The Balaban J connectivity index is 2.74. The Bertz CT molecular complexity index is 785. The summed E-state index contributed by atoms with van der Waals surface area (Å²) in [4.78, 5) is -0.214. The second kappa shape index (κ2) is 5.96. The first-order valence-corrected chi connectivity index (χ1v) is 8.73. The Labute approximate surface area is 132 Å². The lowest BCUT2D eigenvalue weighted by molar-refractivity contribution is 0.179. The highest BCUT2D eigenvalue weighted by atomic mass is 35.7. The van der Waals surface area contributed by atoms with Gasteiger partial charge in [0.2, 0.25) is 0 Å². The molecule has 0 amide bonds. The number of halogens is 2. The average molecular weight is 349 g/mol. The zero-order valence-electron chi connectivity index (χ0n) is 11.7. The largest absolute Gasteiger partial charge is 0.378 e. The summed E-state index contributed by atoms with van der Waals surface area (Å²) in [5.74, 6) is 0. The third-order valence-electron chi connectivity index (χ3n) is 2.97. The predicted octanol–water partition coefficient (Wildman–Crippen LogP) is 3.22. The van der Waals surface area contributed by atoms with Crippen LogP contribution in [0.15, 0.2) is 23.1 Å². The molecular formula is C13H14Cl2N2O3S. The molecule has 114 valence electrons. The molecule has 5 nitrogen and oxygen atoms in total. The highest BCUT2D eigenvalue weighted by Crippen LogP contribution is 2.32. The van der Waals surface area contributed by atoms with Crippen molar-refractivity contribution in [2.24, 2.45) is 0 Å². The summed E-state index contributed by atoms with van der Waals surface area (Å²) in [6.45, 7) is 3.81. The van der Waals surface area contributed by atoms with Gasteiger partial charge in [-0.2, -0.15) is 5.10 Å². The lowest BCUT2D eigenvalue weighted by Crippen LogP contribution is -2.01. The Morgan fingerprint density at radius 1 is 1.33 bits per heavy atom. The second-order valence-corrected chi connectivity index (χ2v) is 7.50. The minimum atomic E-state index is -4.02. The molecule has 8 heteroatoms. The molecule has 0 saturated heterocycles. The van der Waals surface area contributed by atoms with Gasteiger partial charge in [0, 0.05) is 17.8 Å². The van der Waals surface area contributed by atoms with Crippen molar-refractivity contribution in [3.63, 3.8) is 0 Å². The lowest BCUT2D eigenvalue weighted by Gasteiger charge is -2.08. The fourth-order valence-electron chi connectivity index (χ4n) is 2.00. The van der Waals surface area contributed by atoms with Crippen LogP contribution in [0.2, 0.25) is 5.15 Å². The molecule has 2 aromatic rings. The van der Waals surface area contributed by atoms with Crippen LogP contribution in [0.25, 0.3) is 5.69 Å². The summed E-state index contributed by atoms with van der Waals surface area (Å²) in [6, 6.07) is 5.73. The fourth-order valence-corrected chi connectivity index (χ4v) is 3.82. The van der Waals surface area contributed by atoms with Crippen molar-refractivity contribution >= 4 is 31.3 Å². The van der Waals surface area contributed by atoms with E-state index < -0.39 is 9.05 Å². The normalized spacial score (nSPS) is 11.9. The quantitative estimate of drug-likeness (QED) is 0.796. The summed E-state index contributed by atoms with van der Waals surface area (Å²) >= 11 is 6.19. The molecule has 0 aliphatic heterocycles. The number of nitrogens with zero attached hydrogens (tertiary/aromatic N) is 2. The summed E-state index contributed by atoms with van der Waals surface area (Å²) in [6.07, 6.45) is 0. The van der Waals surface area contributed by atoms with Gasteiger partial charge < -0.3 is 4.74 Å². The van der Waals surface area contributed by atoms with Gasteiger partial charge in [-0.05, 0) is 31.0 Å². The Morgan fingerprint density at radius 3 is 2.57 bits per heavy atom. The molecule has 0 aliphatic rings. The van der Waals surface area contributed by atoms with E-state index in [1.807, 2.05) is 32.0 Å². The van der Waals surface area contributed by atoms with E-state index in [-0.39, 0.29) is 22.3 Å². The molecule has 1 heterocycles. The molecule has 0 fully saturated rings. The van der Waals surface area contributed by atoms with E-state index >= 15 is 0 Å². The van der Waals surface area contributed by atoms with Gasteiger partial charge >= 0.3 is 0 Å². The van der Waals surface area contributed by atoms with Crippen LogP contribution in [0.1, 0.15) is 16.8 Å². The standard InChI is InChI=1S/C13H14Cl2N2O3S/c1-8-4-5-9(2)11(6-8)17-13(14)12(21(15,18)19)10(16-17)7-20-3/h4-6H,7H2,1-3H3. The summed E-state index contributed by atoms with van der Waals surface area (Å²) < 4.78 is 29.8. The highest BCUT2D eigenvalue weighted by molar-refractivity contribution is 8.13. The van der Waals surface area contributed by atoms with Crippen LogP contribution in [-0.4, -0.2) is 25.3 Å². The second-order valence-electron chi connectivity index (χ2n) is 4.64. The number of methoxy groups -OCH3 is 1. The third kappa shape index (κ3) is 3.23. The third-order valence-corrected chi connectivity index (χ3v) is 4.81. The maximum absolute atomic E-state index is 11.7. The molecule has 0 radical (unpaired) electrons. The summed E-state index contributed by atoms with van der Waals surface area (Å²) in [5, 5.41) is 4.18. The molecular weight excluding hydrogens is 335 g/mol. The van der Waals surface area contributed by atoms with E-state index in [9.17, 15) is 8.42 Å². The SMILES string of the molecule is COCc1nn(-c2cc(C)ccc2C)c(Cl)c1S(=O)(=O)Cl. The first kappa shape index (κ1) is 16.3. The highest BCUT2D eigenvalue weighted by Gasteiger charge is 2.27. The minimum Gasteiger partial charge on any atom is -0.378 e. The lowest BCUT2D eigenvalue weighted by atomic mass is 10.1. The Hall–Kier alpha value is -1.08. The van der Waals surface area contributed by atoms with Crippen molar-refractivity contribution < 1.29 is 13.2 Å². The van der Waals surface area contributed by atoms with Crippen molar-refractivity contribution in [1.29, 1.82) is 0 Å². The zero-order valence-corrected chi connectivity index (χ0v) is 14.1. The van der Waals surface area contributed by atoms with Crippen molar-refractivity contribution in [3.05, 3.63) is 40.2 Å². The molecule has 0 spiro atoms. The van der Waals surface area contributed by atoms with Crippen molar-refractivity contribution in [1.82, 2.24) is 9.78 Å². The molecule has 0 unspecified atom stereocenters. The van der Waals surface area contributed by atoms with Crippen LogP contribution in [-0.2, 0) is 20.4 Å². The van der Waals surface area contributed by atoms with Crippen LogP contribution in [0.4, 0.5) is 0 Å². The number of aromatic nitrogens is 2. The maximum Gasteiger partial charge on any atom is 0.266 e. The van der Waals surface area contributed by atoms with Gasteiger partial charge in [-0.15, -0.1) is 0 Å². The molecule has 0 bridgehead atoms. The van der Waals surface area contributed by atoms with E-state index in [0.29, 0.717) is 5.69 Å². The zero-order chi connectivity index (χ0) is 15.8. The van der Waals surface area contributed by atoms with Gasteiger partial charge in [-0.3, -0.25) is 0 Å². The van der Waals surface area contributed by atoms with Gasteiger partial charge in [0.15, 0.2) is 5.15 Å². The monoisotopic (exact) mass is 348 g/mol. The topological polar surface area (TPSA) is 61.2 Å². The van der Waals surface area contributed by atoms with E-state index in [4.69, 9.17) is 27.0 Å². The van der Waals surface area contributed by atoms with E-state index in [1.165, 1.54) is 11.8 Å². The number of hydrogen-bond donors (Lipinski definition) is 0. The van der Waals surface area contributed by atoms with Crippen molar-refractivity contribution in [2.45, 2.75) is 25.3 Å². The van der Waals surface area contributed by atoms with Crippen LogP contribution >= 0.6 is 22.3 Å². The number of hydrogen-bond acceptors (Lipinski definition) is 4. The number of aryl methyl sites for hydroxylation is 2. The molecule has 0 aliphatic carbocycles. The first-order valence-electron chi connectivity index (χ1n) is 6.04. The molecule has 0 atom stereocenters. The maximum atomic E-state index is 11.7. The van der Waals surface area contributed by atoms with Crippen LogP contribution in [0, 0.1) is 13.8 Å². The molecule has 2 rings (SSSR count). The van der Waals surface area contributed by atoms with Crippen LogP contribution in [0.5, 0.6) is 0 Å². The molecule has 21 heavy (non-hydrogen) atoms. The predicted molar refractivity (Wildman–Crippen MR) is 81.8 cm³/mol. The number of rotatable bonds is 4. The Morgan fingerprint density at radius 2 is 2.00 bits per heavy atom. The molecule has 1 aromatic heterocycles. The summed E-state index contributed by atoms with van der Waals surface area (Å²) in [7, 11) is 2.88. The average Bonchev–Trinajstić information content (AvgIpc) is 2.69. The first-order chi connectivity index (χ1) is 9.75. The van der Waals surface area contributed by atoms with E-state index in [0.717, 1.165) is 11.1 Å². The molecule has 0 saturated carbocycles. The van der Waals surface area contributed by atoms with Crippen molar-refractivity contribution in [3.8, 4) is 5.69 Å². The van der Waals surface area contributed by atoms with E-state index in [1.54, 1.807) is 0 Å². The van der Waals surface area contributed by atoms with Crippen LogP contribution < -0.4 is 0 Å². The number of benzene rings is 1. The smallest absolute Gasteiger partial charge is 0.266 e. The van der Waals surface area contributed by atoms with E-state index in [2.05, 4.69) is 5.10 Å². The van der Waals surface area contributed by atoms with Crippen LogP contribution in [0.3, 0.4) is 0 Å². The molecule has 1 aromatic carbocycles. The number of ether oxygens (including phenoxy) is 1. The Kier molecular flexibility index (Phi) is 4.63. The molecule has 0 N–H and O–H groups in total. The van der Waals surface area contributed by atoms with Gasteiger partial charge in [0.25, 0.3) is 9.05 Å². The van der Waals surface area contributed by atoms with Gasteiger partial charge in [0.05, 0.1) is 12.3 Å². The van der Waals surface area contributed by atoms with Gasteiger partial charge in [-0.1, -0.05) is 23.7 Å².